The highest BCUT2D eigenvalue weighted by Crippen LogP contribution is 2.46. The third kappa shape index (κ3) is 1.87. The van der Waals surface area contributed by atoms with Crippen molar-refractivity contribution >= 4 is 22.8 Å². The van der Waals surface area contributed by atoms with Gasteiger partial charge in [0, 0.05) is 24.1 Å². The summed E-state index contributed by atoms with van der Waals surface area (Å²) in [5, 5.41) is 7.86. The molecule has 0 atom stereocenters. The summed E-state index contributed by atoms with van der Waals surface area (Å²) in [4.78, 5) is 10.9. The first-order valence-electron chi connectivity index (χ1n) is 8.19. The van der Waals surface area contributed by atoms with Crippen LogP contribution in [0.5, 0.6) is 5.75 Å². The van der Waals surface area contributed by atoms with Gasteiger partial charge in [-0.25, -0.2) is 0 Å². The SMILES string of the molecule is Nc1nc(N2CCC3(CC2)COc2ccccc23)c2cn[nH]c2n1. The maximum Gasteiger partial charge on any atom is 0.224 e. The van der Waals surface area contributed by atoms with E-state index in [-0.39, 0.29) is 11.4 Å². The lowest BCUT2D eigenvalue weighted by Gasteiger charge is -2.39. The summed E-state index contributed by atoms with van der Waals surface area (Å²) >= 11 is 0. The van der Waals surface area contributed by atoms with Crippen molar-refractivity contribution in [2.75, 3.05) is 30.3 Å². The third-order valence-electron chi connectivity index (χ3n) is 5.29. The zero-order chi connectivity index (χ0) is 16.1. The topological polar surface area (TPSA) is 93.0 Å². The van der Waals surface area contributed by atoms with Crippen LogP contribution in [0.1, 0.15) is 18.4 Å². The second kappa shape index (κ2) is 4.83. The molecule has 7 nitrogen and oxygen atoms in total. The average molecular weight is 322 g/mol. The Balaban J connectivity index is 1.46. The van der Waals surface area contributed by atoms with Crippen molar-refractivity contribution in [2.45, 2.75) is 18.3 Å². The van der Waals surface area contributed by atoms with Crippen molar-refractivity contribution in [3.63, 3.8) is 0 Å². The number of nitrogens with zero attached hydrogens (tertiary/aromatic N) is 4. The van der Waals surface area contributed by atoms with Gasteiger partial charge in [-0.1, -0.05) is 18.2 Å². The van der Waals surface area contributed by atoms with Gasteiger partial charge in [0.25, 0.3) is 0 Å². The third-order valence-corrected chi connectivity index (χ3v) is 5.29. The van der Waals surface area contributed by atoms with E-state index in [1.807, 2.05) is 6.07 Å². The van der Waals surface area contributed by atoms with Crippen molar-refractivity contribution < 1.29 is 4.74 Å². The number of nitrogens with one attached hydrogen (secondary N) is 1. The van der Waals surface area contributed by atoms with E-state index in [0.717, 1.165) is 49.5 Å². The first kappa shape index (κ1) is 13.6. The second-order valence-corrected chi connectivity index (χ2v) is 6.59. The lowest BCUT2D eigenvalue weighted by atomic mass is 9.74. The van der Waals surface area contributed by atoms with Gasteiger partial charge in [-0.3, -0.25) is 5.10 Å². The summed E-state index contributed by atoms with van der Waals surface area (Å²) < 4.78 is 5.93. The number of para-hydroxylation sites is 1. The Morgan fingerprint density at radius 1 is 1.17 bits per heavy atom. The maximum absolute atomic E-state index is 5.93. The van der Waals surface area contributed by atoms with Gasteiger partial charge < -0.3 is 15.4 Å². The number of rotatable bonds is 1. The summed E-state index contributed by atoms with van der Waals surface area (Å²) in [5.74, 6) is 2.18. The number of aromatic amines is 1. The zero-order valence-corrected chi connectivity index (χ0v) is 13.2. The molecule has 2 aliphatic rings. The van der Waals surface area contributed by atoms with Gasteiger partial charge in [0.2, 0.25) is 5.95 Å². The van der Waals surface area contributed by atoms with Crippen molar-refractivity contribution in [3.05, 3.63) is 36.0 Å². The quantitative estimate of drug-likeness (QED) is 0.710. The molecule has 1 saturated heterocycles. The van der Waals surface area contributed by atoms with E-state index in [9.17, 15) is 0 Å². The fraction of sp³-hybridized carbons (Fsp3) is 0.353. The van der Waals surface area contributed by atoms with Crippen LogP contribution < -0.4 is 15.4 Å². The molecule has 2 aromatic heterocycles. The molecule has 1 aromatic carbocycles. The number of fused-ring (bicyclic) bond motifs is 3. The van der Waals surface area contributed by atoms with Crippen molar-refractivity contribution in [1.29, 1.82) is 0 Å². The summed E-state index contributed by atoms with van der Waals surface area (Å²) in [7, 11) is 0. The van der Waals surface area contributed by atoms with E-state index >= 15 is 0 Å². The van der Waals surface area contributed by atoms with Crippen LogP contribution >= 0.6 is 0 Å². The Bertz CT molecular complexity index is 912. The van der Waals surface area contributed by atoms with Gasteiger partial charge in [-0.15, -0.1) is 0 Å². The number of aromatic nitrogens is 4. The van der Waals surface area contributed by atoms with Gasteiger partial charge >= 0.3 is 0 Å². The summed E-state index contributed by atoms with van der Waals surface area (Å²) in [6.07, 6.45) is 3.84. The standard InChI is InChI=1S/C17H18N6O/c18-16-20-14-11(9-19-22-14)15(21-16)23-7-5-17(6-8-23)10-24-13-4-2-1-3-12(13)17/h1-4,9H,5-8,10H2,(H3,18,19,20,21,22). The normalized spacial score (nSPS) is 18.8. The largest absolute Gasteiger partial charge is 0.492 e. The monoisotopic (exact) mass is 322 g/mol. The highest BCUT2D eigenvalue weighted by atomic mass is 16.5. The molecule has 1 spiro atoms. The molecule has 3 aromatic rings. The Kier molecular flexibility index (Phi) is 2.74. The average Bonchev–Trinajstić information content (AvgIpc) is 3.21. The number of hydrogen-bond acceptors (Lipinski definition) is 6. The van der Waals surface area contributed by atoms with Crippen molar-refractivity contribution in [2.24, 2.45) is 0 Å². The van der Waals surface area contributed by atoms with Crippen LogP contribution in [0.3, 0.4) is 0 Å². The first-order chi connectivity index (χ1) is 11.8. The Morgan fingerprint density at radius 3 is 2.88 bits per heavy atom. The maximum atomic E-state index is 5.93. The molecular formula is C17H18N6O. The molecule has 5 rings (SSSR count). The van der Waals surface area contributed by atoms with Gasteiger partial charge in [0.05, 0.1) is 18.2 Å². The Labute approximate surface area is 138 Å². The zero-order valence-electron chi connectivity index (χ0n) is 13.2. The van der Waals surface area contributed by atoms with E-state index in [0.29, 0.717) is 5.65 Å². The lowest BCUT2D eigenvalue weighted by molar-refractivity contribution is 0.230. The van der Waals surface area contributed by atoms with Gasteiger partial charge in [0.15, 0.2) is 5.65 Å². The van der Waals surface area contributed by atoms with E-state index in [2.05, 4.69) is 43.3 Å². The molecular weight excluding hydrogens is 304 g/mol. The van der Waals surface area contributed by atoms with Crippen molar-refractivity contribution in [3.8, 4) is 5.75 Å². The molecule has 0 unspecified atom stereocenters. The van der Waals surface area contributed by atoms with E-state index in [4.69, 9.17) is 10.5 Å². The van der Waals surface area contributed by atoms with Crippen LogP contribution in [0.25, 0.3) is 11.0 Å². The number of nitrogen functional groups attached to an aromatic ring is 1. The molecule has 0 bridgehead atoms. The molecule has 0 radical (unpaired) electrons. The summed E-state index contributed by atoms with van der Waals surface area (Å²) in [6.45, 7) is 2.59. The molecule has 7 heteroatoms. The minimum atomic E-state index is 0.126. The smallest absolute Gasteiger partial charge is 0.224 e. The fourth-order valence-electron chi connectivity index (χ4n) is 3.96. The number of anilines is 2. The highest BCUT2D eigenvalue weighted by Gasteiger charge is 2.43. The number of hydrogen-bond donors (Lipinski definition) is 2. The minimum Gasteiger partial charge on any atom is -0.492 e. The number of nitrogens with two attached hydrogens (primary N) is 1. The Morgan fingerprint density at radius 2 is 2.00 bits per heavy atom. The van der Waals surface area contributed by atoms with Crippen LogP contribution in [-0.4, -0.2) is 39.9 Å². The van der Waals surface area contributed by atoms with Gasteiger partial charge in [0.1, 0.15) is 11.6 Å². The first-order valence-corrected chi connectivity index (χ1v) is 8.19. The summed E-state index contributed by atoms with van der Waals surface area (Å²) in [5.41, 5.74) is 8.01. The fourth-order valence-corrected chi connectivity index (χ4v) is 3.96. The lowest BCUT2D eigenvalue weighted by Crippen LogP contribution is -2.44. The molecule has 122 valence electrons. The van der Waals surface area contributed by atoms with Crippen LogP contribution in [-0.2, 0) is 5.41 Å². The van der Waals surface area contributed by atoms with E-state index in [1.165, 1.54) is 5.56 Å². The summed E-state index contributed by atoms with van der Waals surface area (Å²) in [6, 6.07) is 8.40. The molecule has 4 heterocycles. The molecule has 3 N–H and O–H groups in total. The van der Waals surface area contributed by atoms with Gasteiger partial charge in [-0.05, 0) is 18.9 Å². The predicted octanol–water partition coefficient (Wildman–Crippen LogP) is 1.87. The van der Waals surface area contributed by atoms with Crippen LogP contribution in [0.2, 0.25) is 0 Å². The molecule has 24 heavy (non-hydrogen) atoms. The number of piperidine rings is 1. The van der Waals surface area contributed by atoms with Crippen molar-refractivity contribution in [1.82, 2.24) is 20.2 Å². The van der Waals surface area contributed by atoms with Crippen LogP contribution in [0.4, 0.5) is 11.8 Å². The van der Waals surface area contributed by atoms with E-state index < -0.39 is 0 Å². The highest BCUT2D eigenvalue weighted by molar-refractivity contribution is 5.87. The molecule has 1 fully saturated rings. The number of ether oxygens (including phenoxy) is 1. The van der Waals surface area contributed by atoms with Gasteiger partial charge in [-0.2, -0.15) is 15.1 Å². The Hall–Kier alpha value is -2.83. The minimum absolute atomic E-state index is 0.126. The van der Waals surface area contributed by atoms with Crippen LogP contribution in [0, 0.1) is 0 Å². The van der Waals surface area contributed by atoms with E-state index in [1.54, 1.807) is 6.20 Å². The predicted molar refractivity (Wildman–Crippen MR) is 91.2 cm³/mol. The molecule has 0 amide bonds. The number of benzene rings is 1. The number of H-pyrrole nitrogens is 1. The molecule has 0 saturated carbocycles. The second-order valence-electron chi connectivity index (χ2n) is 6.59. The molecule has 0 aliphatic carbocycles. The molecule has 2 aliphatic heterocycles. The van der Waals surface area contributed by atoms with Crippen LogP contribution in [0.15, 0.2) is 30.5 Å².